The summed E-state index contributed by atoms with van der Waals surface area (Å²) < 4.78 is 39.4. The summed E-state index contributed by atoms with van der Waals surface area (Å²) in [6.45, 7) is -1.47. The SMILES string of the molecule is FC(F)(F)COCc1cc(Cl)ccn1. The second-order valence-electron chi connectivity index (χ2n) is 2.57. The third-order valence-corrected chi connectivity index (χ3v) is 1.53. The van der Waals surface area contributed by atoms with Gasteiger partial charge in [-0.2, -0.15) is 13.2 Å². The van der Waals surface area contributed by atoms with Crippen LogP contribution in [-0.4, -0.2) is 17.8 Å². The van der Waals surface area contributed by atoms with Crippen LogP contribution >= 0.6 is 11.6 Å². The minimum absolute atomic E-state index is 0.194. The molecule has 0 N–H and O–H groups in total. The van der Waals surface area contributed by atoms with E-state index in [0.717, 1.165) is 0 Å². The van der Waals surface area contributed by atoms with Gasteiger partial charge in [0.15, 0.2) is 0 Å². The Morgan fingerprint density at radius 3 is 2.71 bits per heavy atom. The Morgan fingerprint density at radius 1 is 1.43 bits per heavy atom. The predicted molar refractivity (Wildman–Crippen MR) is 45.0 cm³/mol. The van der Waals surface area contributed by atoms with E-state index >= 15 is 0 Å². The van der Waals surface area contributed by atoms with Crippen molar-refractivity contribution >= 4 is 11.6 Å². The second kappa shape index (κ2) is 4.61. The molecule has 1 aromatic rings. The molecule has 6 heteroatoms. The van der Waals surface area contributed by atoms with Gasteiger partial charge >= 0.3 is 6.18 Å². The number of halogens is 4. The molecule has 0 aliphatic carbocycles. The number of ether oxygens (including phenoxy) is 1. The zero-order valence-electron chi connectivity index (χ0n) is 7.01. The maximum atomic E-state index is 11.7. The van der Waals surface area contributed by atoms with Crippen LogP contribution < -0.4 is 0 Å². The van der Waals surface area contributed by atoms with E-state index in [0.29, 0.717) is 10.7 Å². The molecule has 0 amide bonds. The van der Waals surface area contributed by atoms with Gasteiger partial charge in [-0.3, -0.25) is 4.98 Å². The molecular weight excluding hydrogens is 219 g/mol. The van der Waals surface area contributed by atoms with Gasteiger partial charge in [-0.05, 0) is 12.1 Å². The van der Waals surface area contributed by atoms with Crippen molar-refractivity contribution in [3.8, 4) is 0 Å². The number of hydrogen-bond acceptors (Lipinski definition) is 2. The Hall–Kier alpha value is -0.810. The number of hydrogen-bond donors (Lipinski definition) is 0. The molecule has 1 aromatic heterocycles. The molecule has 0 radical (unpaired) electrons. The summed E-state index contributed by atoms with van der Waals surface area (Å²) in [5.74, 6) is 0. The van der Waals surface area contributed by atoms with E-state index in [1.807, 2.05) is 0 Å². The first-order valence-electron chi connectivity index (χ1n) is 3.72. The van der Waals surface area contributed by atoms with Crippen LogP contribution in [0.3, 0.4) is 0 Å². The maximum absolute atomic E-state index is 11.7. The molecule has 78 valence electrons. The molecule has 0 atom stereocenters. The van der Waals surface area contributed by atoms with E-state index in [4.69, 9.17) is 11.6 Å². The van der Waals surface area contributed by atoms with E-state index in [1.165, 1.54) is 18.3 Å². The van der Waals surface area contributed by atoms with E-state index in [2.05, 4.69) is 9.72 Å². The molecule has 0 saturated heterocycles. The van der Waals surface area contributed by atoms with Gasteiger partial charge in [0.25, 0.3) is 0 Å². The van der Waals surface area contributed by atoms with Crippen LogP contribution in [0.25, 0.3) is 0 Å². The van der Waals surface area contributed by atoms with Crippen molar-refractivity contribution in [2.75, 3.05) is 6.61 Å². The quantitative estimate of drug-likeness (QED) is 0.789. The minimum atomic E-state index is -4.31. The van der Waals surface area contributed by atoms with Crippen molar-refractivity contribution in [1.82, 2.24) is 4.98 Å². The lowest BCUT2D eigenvalue weighted by molar-refractivity contribution is -0.176. The number of aromatic nitrogens is 1. The van der Waals surface area contributed by atoms with Gasteiger partial charge in [-0.25, -0.2) is 0 Å². The number of pyridine rings is 1. The molecule has 0 unspecified atom stereocenters. The first-order chi connectivity index (χ1) is 6.47. The summed E-state index contributed by atoms with van der Waals surface area (Å²) in [5, 5.41) is 0.422. The zero-order chi connectivity index (χ0) is 10.6. The van der Waals surface area contributed by atoms with Crippen LogP contribution in [0, 0.1) is 0 Å². The summed E-state index contributed by atoms with van der Waals surface area (Å²) in [6.07, 6.45) is -2.90. The molecule has 0 aromatic carbocycles. The topological polar surface area (TPSA) is 22.1 Å². The van der Waals surface area contributed by atoms with Crippen molar-refractivity contribution < 1.29 is 17.9 Å². The third-order valence-electron chi connectivity index (χ3n) is 1.29. The van der Waals surface area contributed by atoms with Gasteiger partial charge in [0.1, 0.15) is 6.61 Å². The molecule has 0 saturated carbocycles. The first kappa shape index (κ1) is 11.3. The fraction of sp³-hybridized carbons (Fsp3) is 0.375. The Labute approximate surface area is 83.7 Å². The monoisotopic (exact) mass is 225 g/mol. The number of alkyl halides is 3. The van der Waals surface area contributed by atoms with Crippen LogP contribution in [0.4, 0.5) is 13.2 Å². The summed E-state index contributed by atoms with van der Waals surface area (Å²) in [6, 6.07) is 2.99. The Morgan fingerprint density at radius 2 is 2.14 bits per heavy atom. The lowest BCUT2D eigenvalue weighted by Crippen LogP contribution is -2.16. The van der Waals surface area contributed by atoms with Crippen molar-refractivity contribution in [2.24, 2.45) is 0 Å². The summed E-state index contributed by atoms with van der Waals surface area (Å²) in [5.41, 5.74) is 0.377. The van der Waals surface area contributed by atoms with E-state index in [9.17, 15) is 13.2 Å². The molecular formula is C8H7ClF3NO. The smallest absolute Gasteiger partial charge is 0.366 e. The molecule has 0 aliphatic heterocycles. The molecule has 0 spiro atoms. The van der Waals surface area contributed by atoms with Gasteiger partial charge in [-0.15, -0.1) is 0 Å². The van der Waals surface area contributed by atoms with Gasteiger partial charge in [-0.1, -0.05) is 11.6 Å². The van der Waals surface area contributed by atoms with Gasteiger partial charge in [0.2, 0.25) is 0 Å². The van der Waals surface area contributed by atoms with Crippen LogP contribution in [0.2, 0.25) is 5.02 Å². The largest absolute Gasteiger partial charge is 0.411 e. The highest BCUT2D eigenvalue weighted by molar-refractivity contribution is 6.30. The fourth-order valence-corrected chi connectivity index (χ4v) is 0.981. The molecule has 0 aliphatic rings. The lowest BCUT2D eigenvalue weighted by Gasteiger charge is -2.06. The average Bonchev–Trinajstić information content (AvgIpc) is 2.01. The lowest BCUT2D eigenvalue weighted by atomic mass is 10.4. The van der Waals surface area contributed by atoms with Gasteiger partial charge in [0.05, 0.1) is 12.3 Å². The molecule has 1 rings (SSSR count). The number of rotatable bonds is 3. The highest BCUT2D eigenvalue weighted by Crippen LogP contribution is 2.15. The average molecular weight is 226 g/mol. The van der Waals surface area contributed by atoms with Crippen LogP contribution in [0.15, 0.2) is 18.3 Å². The van der Waals surface area contributed by atoms with Crippen molar-refractivity contribution in [2.45, 2.75) is 12.8 Å². The predicted octanol–water partition coefficient (Wildman–Crippen LogP) is 2.81. The van der Waals surface area contributed by atoms with Crippen molar-refractivity contribution in [1.29, 1.82) is 0 Å². The Balaban J connectivity index is 2.39. The molecule has 1 heterocycles. The standard InChI is InChI=1S/C8H7ClF3NO/c9-6-1-2-13-7(3-6)4-14-5-8(10,11)12/h1-3H,4-5H2. The Bertz CT molecular complexity index is 303. The van der Waals surface area contributed by atoms with Gasteiger partial charge in [0, 0.05) is 11.2 Å². The summed E-state index contributed by atoms with van der Waals surface area (Å²) in [7, 11) is 0. The summed E-state index contributed by atoms with van der Waals surface area (Å²) in [4.78, 5) is 3.78. The first-order valence-corrected chi connectivity index (χ1v) is 4.10. The Kier molecular flexibility index (Phi) is 3.71. The molecule has 14 heavy (non-hydrogen) atoms. The van der Waals surface area contributed by atoms with Crippen molar-refractivity contribution in [3.05, 3.63) is 29.0 Å². The van der Waals surface area contributed by atoms with Crippen LogP contribution in [0.1, 0.15) is 5.69 Å². The van der Waals surface area contributed by atoms with Crippen LogP contribution in [-0.2, 0) is 11.3 Å². The minimum Gasteiger partial charge on any atom is -0.366 e. The molecule has 2 nitrogen and oxygen atoms in total. The van der Waals surface area contributed by atoms with E-state index < -0.39 is 12.8 Å². The van der Waals surface area contributed by atoms with Crippen LogP contribution in [0.5, 0.6) is 0 Å². The van der Waals surface area contributed by atoms with Gasteiger partial charge < -0.3 is 4.74 Å². The second-order valence-corrected chi connectivity index (χ2v) is 3.01. The maximum Gasteiger partial charge on any atom is 0.411 e. The van der Waals surface area contributed by atoms with E-state index in [-0.39, 0.29) is 6.61 Å². The molecule has 0 bridgehead atoms. The van der Waals surface area contributed by atoms with Crippen molar-refractivity contribution in [3.63, 3.8) is 0 Å². The summed E-state index contributed by atoms with van der Waals surface area (Å²) >= 11 is 5.60. The third kappa shape index (κ3) is 4.43. The zero-order valence-corrected chi connectivity index (χ0v) is 7.77. The number of nitrogens with zero attached hydrogens (tertiary/aromatic N) is 1. The highest BCUT2D eigenvalue weighted by atomic mass is 35.5. The highest BCUT2D eigenvalue weighted by Gasteiger charge is 2.27. The normalized spacial score (nSPS) is 11.7. The van der Waals surface area contributed by atoms with E-state index in [1.54, 1.807) is 0 Å². The molecule has 0 fully saturated rings. The fourth-order valence-electron chi connectivity index (χ4n) is 0.799.